The van der Waals surface area contributed by atoms with Crippen LogP contribution in [0.25, 0.3) is 0 Å². The molecule has 10 heavy (non-hydrogen) atoms. The number of aliphatic hydroxyl groups is 1. The smallest absolute Gasteiger partial charge is 0.126 e. The van der Waals surface area contributed by atoms with Crippen molar-refractivity contribution in [3.8, 4) is 0 Å². The Balaban J connectivity index is 2.74. The molecule has 0 fully saturated rings. The van der Waals surface area contributed by atoms with Crippen LogP contribution >= 0.6 is 0 Å². The molecule has 0 amide bonds. The Kier molecular flexibility index (Phi) is 2.01. The largest absolute Gasteiger partial charge is 0.384 e. The molecule has 0 aliphatic rings. The zero-order valence-electron chi connectivity index (χ0n) is 5.66. The molecule has 0 radical (unpaired) electrons. The molecule has 0 aromatic carbocycles. The number of alkyl halides is 1. The number of nitrogens with zero attached hydrogens (tertiary/aromatic N) is 2. The second-order valence-corrected chi connectivity index (χ2v) is 2.08. The molecule has 1 unspecified atom stereocenters. The van der Waals surface area contributed by atoms with Gasteiger partial charge in [0.15, 0.2) is 0 Å². The standard InChI is InChI=1S/C6H9FN2O/c1-9-3-2-5(8-9)6(10)4-7/h2-3,6,10H,4H2,1H3. The van der Waals surface area contributed by atoms with Gasteiger partial charge in [-0.3, -0.25) is 4.68 Å². The molecule has 1 aromatic heterocycles. The summed E-state index contributed by atoms with van der Waals surface area (Å²) in [6.45, 7) is -0.781. The Bertz CT molecular complexity index is 211. The predicted octanol–water partition coefficient (Wildman–Crippen LogP) is 0.423. The highest BCUT2D eigenvalue weighted by molar-refractivity contribution is 5.02. The third kappa shape index (κ3) is 1.33. The van der Waals surface area contributed by atoms with Crippen molar-refractivity contribution in [2.24, 2.45) is 7.05 Å². The summed E-state index contributed by atoms with van der Waals surface area (Å²) in [5, 5.41) is 12.7. The first-order valence-electron chi connectivity index (χ1n) is 2.97. The first-order valence-corrected chi connectivity index (χ1v) is 2.97. The van der Waals surface area contributed by atoms with Crippen molar-refractivity contribution in [3.63, 3.8) is 0 Å². The monoisotopic (exact) mass is 144 g/mol. The van der Waals surface area contributed by atoms with Crippen molar-refractivity contribution < 1.29 is 9.50 Å². The molecule has 0 saturated heterocycles. The molecule has 1 rings (SSSR count). The third-order valence-electron chi connectivity index (χ3n) is 1.22. The van der Waals surface area contributed by atoms with Gasteiger partial charge in [0.2, 0.25) is 0 Å². The van der Waals surface area contributed by atoms with Gasteiger partial charge in [-0.25, -0.2) is 4.39 Å². The minimum absolute atomic E-state index is 0.380. The molecule has 56 valence electrons. The number of hydrogen-bond acceptors (Lipinski definition) is 2. The fourth-order valence-corrected chi connectivity index (χ4v) is 0.690. The van der Waals surface area contributed by atoms with Crippen molar-refractivity contribution in [1.29, 1.82) is 0 Å². The van der Waals surface area contributed by atoms with E-state index in [0.29, 0.717) is 5.69 Å². The van der Waals surface area contributed by atoms with E-state index in [1.807, 2.05) is 0 Å². The van der Waals surface area contributed by atoms with Gasteiger partial charge in [0.05, 0.1) is 5.69 Å². The van der Waals surface area contributed by atoms with E-state index in [4.69, 9.17) is 5.11 Å². The average molecular weight is 144 g/mol. The summed E-state index contributed by atoms with van der Waals surface area (Å²) < 4.78 is 13.3. The first-order chi connectivity index (χ1) is 4.74. The normalized spacial score (nSPS) is 13.5. The molecule has 1 heterocycles. The summed E-state index contributed by atoms with van der Waals surface area (Å²) in [5.74, 6) is 0. The van der Waals surface area contributed by atoms with Gasteiger partial charge in [0, 0.05) is 13.2 Å². The maximum Gasteiger partial charge on any atom is 0.126 e. The molecule has 1 atom stereocenters. The SMILES string of the molecule is Cn1ccc(C(O)CF)n1. The van der Waals surface area contributed by atoms with Gasteiger partial charge in [0.25, 0.3) is 0 Å². The van der Waals surface area contributed by atoms with Crippen LogP contribution in [0.15, 0.2) is 12.3 Å². The topological polar surface area (TPSA) is 38.0 Å². The van der Waals surface area contributed by atoms with Crippen LogP contribution < -0.4 is 0 Å². The van der Waals surface area contributed by atoms with Crippen molar-refractivity contribution in [1.82, 2.24) is 9.78 Å². The van der Waals surface area contributed by atoms with Crippen LogP contribution in [0.1, 0.15) is 11.8 Å². The maximum absolute atomic E-state index is 11.8. The lowest BCUT2D eigenvalue weighted by Gasteiger charge is -1.98. The van der Waals surface area contributed by atoms with Crippen LogP contribution in [0, 0.1) is 0 Å². The summed E-state index contributed by atoms with van der Waals surface area (Å²) in [5.41, 5.74) is 0.380. The molecule has 0 spiro atoms. The van der Waals surface area contributed by atoms with E-state index in [0.717, 1.165) is 0 Å². The number of aromatic nitrogens is 2. The van der Waals surface area contributed by atoms with Crippen molar-refractivity contribution in [3.05, 3.63) is 18.0 Å². The lowest BCUT2D eigenvalue weighted by atomic mass is 10.3. The van der Waals surface area contributed by atoms with E-state index in [1.165, 1.54) is 4.68 Å². The van der Waals surface area contributed by atoms with Crippen LogP contribution in [0.5, 0.6) is 0 Å². The van der Waals surface area contributed by atoms with Crippen LogP contribution in [0.3, 0.4) is 0 Å². The average Bonchev–Trinajstić information content (AvgIpc) is 2.34. The van der Waals surface area contributed by atoms with Crippen LogP contribution in [-0.2, 0) is 7.05 Å². The molecule has 3 nitrogen and oxygen atoms in total. The van der Waals surface area contributed by atoms with Crippen molar-refractivity contribution in [2.45, 2.75) is 6.10 Å². The molecule has 1 N–H and O–H groups in total. The Hall–Kier alpha value is -0.900. The summed E-state index contributed by atoms with van der Waals surface area (Å²) in [6, 6.07) is 1.59. The molecular formula is C6H9FN2O. The zero-order valence-corrected chi connectivity index (χ0v) is 5.66. The molecule has 0 saturated carbocycles. The van der Waals surface area contributed by atoms with Crippen molar-refractivity contribution in [2.75, 3.05) is 6.67 Å². The van der Waals surface area contributed by atoms with Gasteiger partial charge in [-0.15, -0.1) is 0 Å². The molecular weight excluding hydrogens is 135 g/mol. The summed E-state index contributed by atoms with van der Waals surface area (Å²) in [6.07, 6.45) is 0.593. The Morgan fingerprint density at radius 2 is 2.60 bits per heavy atom. The minimum Gasteiger partial charge on any atom is -0.384 e. The van der Waals surface area contributed by atoms with Crippen LogP contribution in [-0.4, -0.2) is 21.6 Å². The van der Waals surface area contributed by atoms with E-state index in [1.54, 1.807) is 19.3 Å². The van der Waals surface area contributed by atoms with Gasteiger partial charge in [-0.2, -0.15) is 5.10 Å². The van der Waals surface area contributed by atoms with Crippen molar-refractivity contribution >= 4 is 0 Å². The van der Waals surface area contributed by atoms with Gasteiger partial charge in [0.1, 0.15) is 12.8 Å². The number of hydrogen-bond donors (Lipinski definition) is 1. The van der Waals surface area contributed by atoms with Gasteiger partial charge < -0.3 is 5.11 Å². The Labute approximate surface area is 58.1 Å². The van der Waals surface area contributed by atoms with Gasteiger partial charge in [-0.1, -0.05) is 0 Å². The molecule has 1 aromatic rings. The lowest BCUT2D eigenvalue weighted by Crippen LogP contribution is -2.01. The second-order valence-electron chi connectivity index (χ2n) is 2.08. The summed E-state index contributed by atoms with van der Waals surface area (Å²) in [7, 11) is 1.72. The second kappa shape index (κ2) is 2.79. The van der Waals surface area contributed by atoms with Gasteiger partial charge in [-0.05, 0) is 6.07 Å². The minimum atomic E-state index is -1.07. The fourth-order valence-electron chi connectivity index (χ4n) is 0.690. The van der Waals surface area contributed by atoms with Crippen LogP contribution in [0.4, 0.5) is 4.39 Å². The molecule has 4 heteroatoms. The van der Waals surface area contributed by atoms with E-state index < -0.39 is 12.8 Å². The maximum atomic E-state index is 11.8. The fraction of sp³-hybridized carbons (Fsp3) is 0.500. The Morgan fingerprint density at radius 1 is 1.90 bits per heavy atom. The number of aryl methyl sites for hydroxylation is 1. The van der Waals surface area contributed by atoms with E-state index in [9.17, 15) is 4.39 Å². The zero-order chi connectivity index (χ0) is 7.56. The quantitative estimate of drug-likeness (QED) is 0.653. The highest BCUT2D eigenvalue weighted by atomic mass is 19.1. The van der Waals surface area contributed by atoms with E-state index in [-0.39, 0.29) is 0 Å². The van der Waals surface area contributed by atoms with Gasteiger partial charge >= 0.3 is 0 Å². The van der Waals surface area contributed by atoms with Crippen LogP contribution in [0.2, 0.25) is 0 Å². The molecule has 0 aliphatic carbocycles. The predicted molar refractivity (Wildman–Crippen MR) is 34.1 cm³/mol. The van der Waals surface area contributed by atoms with E-state index >= 15 is 0 Å². The molecule has 0 bridgehead atoms. The van der Waals surface area contributed by atoms with E-state index in [2.05, 4.69) is 5.10 Å². The Morgan fingerprint density at radius 3 is 3.00 bits per heavy atom. The summed E-state index contributed by atoms with van der Waals surface area (Å²) >= 11 is 0. The molecule has 0 aliphatic heterocycles. The third-order valence-corrected chi connectivity index (χ3v) is 1.22. The first kappa shape index (κ1) is 7.21. The number of rotatable bonds is 2. The highest BCUT2D eigenvalue weighted by Crippen LogP contribution is 2.08. The lowest BCUT2D eigenvalue weighted by molar-refractivity contribution is 0.137. The summed E-state index contributed by atoms with van der Waals surface area (Å²) in [4.78, 5) is 0. The highest BCUT2D eigenvalue weighted by Gasteiger charge is 2.08. The number of aliphatic hydroxyl groups excluding tert-OH is 1. The number of halogens is 1.